The molecule has 1 aliphatic heterocycles. The monoisotopic (exact) mass is 430 g/mol. The van der Waals surface area contributed by atoms with Crippen molar-refractivity contribution in [3.63, 3.8) is 0 Å². The molecule has 2 heterocycles. The third kappa shape index (κ3) is 4.18. The standard InChI is InChI=1S/C25H29F3N2O/c1-14(2)31-16-11-19(26)22(20(27)12-16)24-23-18(17-8-6-7-9-21(17)29-23)10-15(3)30(24)13-25(4,5)28/h6-9,11-12,14-15,24,29H,10,13H2,1-5H3/t15-,24-/m1/s1. The predicted molar refractivity (Wildman–Crippen MR) is 117 cm³/mol. The van der Waals surface area contributed by atoms with E-state index in [0.29, 0.717) is 6.42 Å². The number of H-pyrrole nitrogens is 1. The zero-order chi connectivity index (χ0) is 22.5. The number of hydrogen-bond acceptors (Lipinski definition) is 2. The Hall–Kier alpha value is -2.47. The lowest BCUT2D eigenvalue weighted by Gasteiger charge is -2.43. The van der Waals surface area contributed by atoms with Gasteiger partial charge in [0.1, 0.15) is 23.1 Å². The summed E-state index contributed by atoms with van der Waals surface area (Å²) >= 11 is 0. The Morgan fingerprint density at radius 1 is 1.16 bits per heavy atom. The molecule has 0 unspecified atom stereocenters. The van der Waals surface area contributed by atoms with Gasteiger partial charge in [-0.25, -0.2) is 13.2 Å². The van der Waals surface area contributed by atoms with Crippen LogP contribution in [0.15, 0.2) is 36.4 Å². The smallest absolute Gasteiger partial charge is 0.135 e. The van der Waals surface area contributed by atoms with E-state index in [1.807, 2.05) is 36.1 Å². The summed E-state index contributed by atoms with van der Waals surface area (Å²) in [4.78, 5) is 5.24. The fraction of sp³-hybridized carbons (Fsp3) is 0.440. The number of fused-ring (bicyclic) bond motifs is 3. The van der Waals surface area contributed by atoms with Crippen molar-refractivity contribution in [2.24, 2.45) is 0 Å². The van der Waals surface area contributed by atoms with Gasteiger partial charge in [-0.2, -0.15) is 0 Å². The molecule has 0 spiro atoms. The number of nitrogens with one attached hydrogen (secondary N) is 1. The highest BCUT2D eigenvalue weighted by Gasteiger charge is 2.41. The SMILES string of the molecule is CC(C)Oc1cc(F)c([C@@H]2c3[nH]c4ccccc4c3C[C@@H](C)N2CC(C)(C)F)c(F)c1. The summed E-state index contributed by atoms with van der Waals surface area (Å²) < 4.78 is 51.0. The number of aromatic nitrogens is 1. The minimum absolute atomic E-state index is 0.0523. The molecule has 0 radical (unpaired) electrons. The number of aromatic amines is 1. The summed E-state index contributed by atoms with van der Waals surface area (Å²) in [6.45, 7) is 8.61. The Morgan fingerprint density at radius 3 is 2.42 bits per heavy atom. The molecular formula is C25H29F3N2O. The zero-order valence-electron chi connectivity index (χ0n) is 18.6. The topological polar surface area (TPSA) is 28.3 Å². The first-order valence-corrected chi connectivity index (χ1v) is 10.7. The maximum atomic E-state index is 15.4. The third-order valence-electron chi connectivity index (χ3n) is 5.77. The van der Waals surface area contributed by atoms with E-state index in [-0.39, 0.29) is 30.0 Å². The van der Waals surface area contributed by atoms with Gasteiger partial charge < -0.3 is 9.72 Å². The summed E-state index contributed by atoms with van der Waals surface area (Å²) in [5.74, 6) is -1.24. The third-order valence-corrected chi connectivity index (χ3v) is 5.77. The first kappa shape index (κ1) is 21.8. The lowest BCUT2D eigenvalue weighted by molar-refractivity contribution is 0.0642. The van der Waals surface area contributed by atoms with Gasteiger partial charge in [-0.15, -0.1) is 0 Å². The van der Waals surface area contributed by atoms with E-state index >= 15 is 8.78 Å². The minimum atomic E-state index is -1.52. The molecule has 6 heteroatoms. The zero-order valence-corrected chi connectivity index (χ0v) is 18.6. The molecule has 0 fully saturated rings. The summed E-state index contributed by atoms with van der Waals surface area (Å²) in [7, 11) is 0. The van der Waals surface area contributed by atoms with Crippen molar-refractivity contribution < 1.29 is 17.9 Å². The summed E-state index contributed by atoms with van der Waals surface area (Å²) in [5, 5.41) is 1.04. The van der Waals surface area contributed by atoms with E-state index in [9.17, 15) is 4.39 Å². The Balaban J connectivity index is 1.92. The fourth-order valence-corrected chi connectivity index (χ4v) is 4.66. The Labute approximate surface area is 181 Å². The van der Waals surface area contributed by atoms with Gasteiger partial charge >= 0.3 is 0 Å². The lowest BCUT2D eigenvalue weighted by Crippen LogP contribution is -2.48. The highest BCUT2D eigenvalue weighted by Crippen LogP contribution is 2.43. The van der Waals surface area contributed by atoms with Crippen LogP contribution in [0.1, 0.15) is 57.5 Å². The molecule has 3 aromatic rings. The van der Waals surface area contributed by atoms with Crippen molar-refractivity contribution in [3.05, 3.63) is 64.9 Å². The van der Waals surface area contributed by atoms with Crippen LogP contribution >= 0.6 is 0 Å². The molecule has 0 saturated heterocycles. The summed E-state index contributed by atoms with van der Waals surface area (Å²) in [6, 6.07) is 9.40. The number of nitrogens with zero attached hydrogens (tertiary/aromatic N) is 1. The van der Waals surface area contributed by atoms with Crippen molar-refractivity contribution in [1.29, 1.82) is 0 Å². The Kier molecular flexibility index (Phi) is 5.54. The molecule has 31 heavy (non-hydrogen) atoms. The van der Waals surface area contributed by atoms with Crippen molar-refractivity contribution >= 4 is 10.9 Å². The molecule has 0 amide bonds. The quantitative estimate of drug-likeness (QED) is 0.513. The van der Waals surface area contributed by atoms with Crippen LogP contribution in [0.25, 0.3) is 10.9 Å². The molecule has 1 aromatic heterocycles. The van der Waals surface area contributed by atoms with Gasteiger partial charge in [0.15, 0.2) is 0 Å². The van der Waals surface area contributed by atoms with E-state index in [1.54, 1.807) is 13.8 Å². The molecule has 0 aliphatic carbocycles. The molecule has 4 rings (SSSR count). The highest BCUT2D eigenvalue weighted by atomic mass is 19.1. The van der Waals surface area contributed by atoms with Crippen LogP contribution in [0.3, 0.4) is 0 Å². The van der Waals surface area contributed by atoms with Gasteiger partial charge in [0.2, 0.25) is 0 Å². The first-order chi connectivity index (χ1) is 14.5. The molecule has 0 bridgehead atoms. The number of rotatable bonds is 5. The molecule has 0 saturated carbocycles. The molecule has 2 aromatic carbocycles. The normalized spacial score (nSPS) is 19.8. The molecule has 1 N–H and O–H groups in total. The van der Waals surface area contributed by atoms with Gasteiger partial charge in [-0.05, 0) is 52.7 Å². The number of alkyl halides is 1. The number of hydrogen-bond donors (Lipinski definition) is 1. The largest absolute Gasteiger partial charge is 0.491 e. The second-order valence-corrected chi connectivity index (χ2v) is 9.38. The van der Waals surface area contributed by atoms with Crippen LogP contribution in [0, 0.1) is 11.6 Å². The van der Waals surface area contributed by atoms with Crippen molar-refractivity contribution in [2.45, 2.75) is 64.9 Å². The van der Waals surface area contributed by atoms with E-state index in [2.05, 4.69) is 4.98 Å². The van der Waals surface area contributed by atoms with Crippen molar-refractivity contribution in [3.8, 4) is 5.75 Å². The van der Waals surface area contributed by atoms with Gasteiger partial charge in [0.25, 0.3) is 0 Å². The van der Waals surface area contributed by atoms with Gasteiger partial charge in [-0.1, -0.05) is 18.2 Å². The van der Waals surface area contributed by atoms with Crippen LogP contribution in [0.4, 0.5) is 13.2 Å². The van der Waals surface area contributed by atoms with E-state index in [1.165, 1.54) is 26.0 Å². The van der Waals surface area contributed by atoms with Crippen LogP contribution < -0.4 is 4.74 Å². The maximum absolute atomic E-state index is 15.4. The molecule has 166 valence electrons. The molecule has 2 atom stereocenters. The number of benzene rings is 2. The van der Waals surface area contributed by atoms with Crippen molar-refractivity contribution in [1.82, 2.24) is 9.88 Å². The molecule has 1 aliphatic rings. The van der Waals surface area contributed by atoms with Crippen LogP contribution in [-0.2, 0) is 6.42 Å². The Bertz CT molecular complexity index is 1080. The average molecular weight is 431 g/mol. The second kappa shape index (κ2) is 7.90. The predicted octanol–water partition coefficient (Wildman–Crippen LogP) is 6.32. The van der Waals surface area contributed by atoms with Crippen LogP contribution in [0.5, 0.6) is 5.75 Å². The van der Waals surface area contributed by atoms with E-state index in [4.69, 9.17) is 4.74 Å². The molecule has 3 nitrogen and oxygen atoms in total. The fourth-order valence-electron chi connectivity index (χ4n) is 4.66. The van der Waals surface area contributed by atoms with E-state index in [0.717, 1.165) is 22.2 Å². The first-order valence-electron chi connectivity index (χ1n) is 10.7. The van der Waals surface area contributed by atoms with Crippen molar-refractivity contribution in [2.75, 3.05) is 6.54 Å². The lowest BCUT2D eigenvalue weighted by atomic mass is 9.87. The summed E-state index contributed by atoms with van der Waals surface area (Å²) in [6.07, 6.45) is 0.465. The van der Waals surface area contributed by atoms with E-state index < -0.39 is 23.3 Å². The second-order valence-electron chi connectivity index (χ2n) is 9.38. The average Bonchev–Trinajstić information content (AvgIpc) is 3.00. The minimum Gasteiger partial charge on any atom is -0.491 e. The summed E-state index contributed by atoms with van der Waals surface area (Å²) in [5.41, 5.74) is 1.05. The van der Waals surface area contributed by atoms with Gasteiger partial charge in [0.05, 0.1) is 12.1 Å². The van der Waals surface area contributed by atoms with Crippen LogP contribution in [0.2, 0.25) is 0 Å². The number of halogens is 3. The highest BCUT2D eigenvalue weighted by molar-refractivity contribution is 5.85. The van der Waals surface area contributed by atoms with Gasteiger partial charge in [0, 0.05) is 46.9 Å². The number of para-hydroxylation sites is 1. The Morgan fingerprint density at radius 2 is 1.81 bits per heavy atom. The van der Waals surface area contributed by atoms with Gasteiger partial charge in [-0.3, -0.25) is 4.90 Å². The maximum Gasteiger partial charge on any atom is 0.135 e. The number of ether oxygens (including phenoxy) is 1. The van der Waals surface area contributed by atoms with Crippen LogP contribution in [-0.4, -0.2) is 34.2 Å². The molecular weight excluding hydrogens is 401 g/mol.